The summed E-state index contributed by atoms with van der Waals surface area (Å²) in [6.45, 7) is 0. The highest BCUT2D eigenvalue weighted by molar-refractivity contribution is 6.39. The number of ketones is 1. The fourth-order valence-electron chi connectivity index (χ4n) is 2.66. The van der Waals surface area contributed by atoms with E-state index < -0.39 is 0 Å². The number of Topliss-reactive ketones (excluding diaryl/α,β-unsaturated/α-hetero) is 1. The first-order valence-corrected chi connectivity index (χ1v) is 5.12. The molecule has 0 aromatic rings. The van der Waals surface area contributed by atoms with Gasteiger partial charge in [-0.15, -0.1) is 0 Å². The van der Waals surface area contributed by atoms with Gasteiger partial charge < -0.3 is 9.94 Å². The largest absolute Gasteiger partial charge is 0.468 e. The van der Waals surface area contributed by atoms with Crippen LogP contribution in [-0.4, -0.2) is 23.0 Å². The fourth-order valence-corrected chi connectivity index (χ4v) is 2.66. The Kier molecular flexibility index (Phi) is 1.71. The molecule has 0 saturated carbocycles. The number of fused-ring (bicyclic) bond motifs is 2. The van der Waals surface area contributed by atoms with E-state index in [1.54, 1.807) is 0 Å². The summed E-state index contributed by atoms with van der Waals surface area (Å²) in [7, 11) is 0. The van der Waals surface area contributed by atoms with Gasteiger partial charge in [-0.05, 0) is 23.6 Å². The van der Waals surface area contributed by atoms with E-state index in [4.69, 9.17) is 9.94 Å². The Balaban J connectivity index is 2.00. The molecule has 0 spiro atoms. The highest BCUT2D eigenvalue weighted by Crippen LogP contribution is 2.43. The molecule has 1 N–H and O–H groups in total. The van der Waals surface area contributed by atoms with Crippen LogP contribution in [0.2, 0.25) is 0 Å². The number of rotatable bonds is 0. The second kappa shape index (κ2) is 2.95. The van der Waals surface area contributed by atoms with Crippen molar-refractivity contribution in [1.82, 2.24) is 0 Å². The average Bonchev–Trinajstić information content (AvgIpc) is 2.75. The van der Waals surface area contributed by atoms with E-state index in [2.05, 4.69) is 11.2 Å². The van der Waals surface area contributed by atoms with E-state index in [0.717, 1.165) is 24.8 Å². The molecule has 78 valence electrons. The van der Waals surface area contributed by atoms with Gasteiger partial charge in [-0.2, -0.15) is 0 Å². The van der Waals surface area contributed by atoms with Crippen LogP contribution in [0.5, 0.6) is 0 Å². The molecule has 2 atom stereocenters. The molecule has 0 bridgehead atoms. The van der Waals surface area contributed by atoms with Gasteiger partial charge in [0.2, 0.25) is 5.78 Å². The summed E-state index contributed by atoms with van der Waals surface area (Å²) in [6.07, 6.45) is 6.85. The highest BCUT2D eigenvalue weighted by atomic mass is 16.5. The van der Waals surface area contributed by atoms with E-state index in [9.17, 15) is 4.79 Å². The summed E-state index contributed by atoms with van der Waals surface area (Å²) in [4.78, 5) is 11.8. The lowest BCUT2D eigenvalue weighted by atomic mass is 9.92. The second-order valence-corrected chi connectivity index (χ2v) is 4.11. The van der Waals surface area contributed by atoms with Crippen LogP contribution < -0.4 is 0 Å². The quantitative estimate of drug-likeness (QED) is 0.480. The van der Waals surface area contributed by atoms with Gasteiger partial charge >= 0.3 is 0 Å². The molecule has 3 rings (SSSR count). The molecule has 1 aliphatic heterocycles. The van der Waals surface area contributed by atoms with Crippen LogP contribution in [0, 0.1) is 5.92 Å². The normalized spacial score (nSPS) is 35.7. The van der Waals surface area contributed by atoms with Gasteiger partial charge in [0.15, 0.2) is 0 Å². The van der Waals surface area contributed by atoms with Gasteiger partial charge in [0, 0.05) is 6.42 Å². The molecule has 0 aromatic heterocycles. The van der Waals surface area contributed by atoms with Crippen LogP contribution in [-0.2, 0) is 9.53 Å². The molecule has 4 nitrogen and oxygen atoms in total. The molecular formula is C11H11NO3. The van der Waals surface area contributed by atoms with Gasteiger partial charge in [0.25, 0.3) is 5.90 Å². The van der Waals surface area contributed by atoms with Crippen LogP contribution >= 0.6 is 0 Å². The number of hydrogen-bond acceptors (Lipinski definition) is 4. The maximum atomic E-state index is 11.8. The molecule has 1 fully saturated rings. The minimum absolute atomic E-state index is 0.129. The number of oxime groups is 1. The first-order valence-electron chi connectivity index (χ1n) is 5.12. The summed E-state index contributed by atoms with van der Waals surface area (Å²) < 4.78 is 5.31. The minimum atomic E-state index is -0.220. The number of nitrogens with zero attached hydrogens (tertiary/aromatic N) is 1. The Morgan fingerprint density at radius 2 is 2.40 bits per heavy atom. The third kappa shape index (κ3) is 1.07. The van der Waals surface area contributed by atoms with Crippen LogP contribution in [0.15, 0.2) is 28.5 Å². The maximum Gasteiger partial charge on any atom is 0.295 e. The van der Waals surface area contributed by atoms with Crippen molar-refractivity contribution in [3.8, 4) is 0 Å². The molecule has 0 radical (unpaired) electrons. The van der Waals surface area contributed by atoms with Gasteiger partial charge in [-0.25, -0.2) is 0 Å². The molecule has 0 amide bonds. The van der Waals surface area contributed by atoms with E-state index >= 15 is 0 Å². The molecular weight excluding hydrogens is 194 g/mol. The molecule has 0 aromatic carbocycles. The van der Waals surface area contributed by atoms with Crippen molar-refractivity contribution < 1.29 is 14.7 Å². The Labute approximate surface area is 86.9 Å². The lowest BCUT2D eigenvalue weighted by molar-refractivity contribution is -0.114. The van der Waals surface area contributed by atoms with Crippen molar-refractivity contribution in [1.29, 1.82) is 0 Å². The third-order valence-electron chi connectivity index (χ3n) is 3.32. The lowest BCUT2D eigenvalue weighted by Gasteiger charge is -2.09. The van der Waals surface area contributed by atoms with Gasteiger partial charge in [0.05, 0.1) is 5.92 Å². The zero-order valence-electron chi connectivity index (χ0n) is 8.14. The lowest BCUT2D eigenvalue weighted by Crippen LogP contribution is -2.17. The predicted octanol–water partition coefficient (Wildman–Crippen LogP) is 1.41. The molecule has 2 aliphatic carbocycles. The van der Waals surface area contributed by atoms with E-state index in [1.807, 2.05) is 6.08 Å². The summed E-state index contributed by atoms with van der Waals surface area (Å²) in [5.41, 5.74) is 2.42. The average molecular weight is 205 g/mol. The number of allylic oxidation sites excluding steroid dienone is 2. The minimum Gasteiger partial charge on any atom is -0.468 e. The second-order valence-electron chi connectivity index (χ2n) is 4.11. The maximum absolute atomic E-state index is 11.8. The van der Waals surface area contributed by atoms with E-state index in [1.165, 1.54) is 5.57 Å². The number of carbonyl (C=O) groups is 1. The first kappa shape index (κ1) is 8.71. The summed E-state index contributed by atoms with van der Waals surface area (Å²) >= 11 is 0. The number of ether oxygens (including phenoxy) is 1. The molecule has 2 unspecified atom stereocenters. The Bertz CT molecular complexity index is 420. The number of hydrogen-bond donors (Lipinski definition) is 1. The highest BCUT2D eigenvalue weighted by Gasteiger charge is 2.48. The van der Waals surface area contributed by atoms with Crippen molar-refractivity contribution in [2.45, 2.75) is 25.4 Å². The van der Waals surface area contributed by atoms with Crippen LogP contribution in [0.25, 0.3) is 0 Å². The van der Waals surface area contributed by atoms with Crippen LogP contribution in [0.3, 0.4) is 0 Å². The van der Waals surface area contributed by atoms with Crippen molar-refractivity contribution in [2.24, 2.45) is 11.1 Å². The van der Waals surface area contributed by atoms with Gasteiger partial charge in [0.1, 0.15) is 6.10 Å². The van der Waals surface area contributed by atoms with Crippen molar-refractivity contribution in [3.05, 3.63) is 23.3 Å². The van der Waals surface area contributed by atoms with Crippen molar-refractivity contribution in [3.63, 3.8) is 0 Å². The molecule has 15 heavy (non-hydrogen) atoms. The van der Waals surface area contributed by atoms with Crippen LogP contribution in [0.4, 0.5) is 0 Å². The zero-order valence-corrected chi connectivity index (χ0v) is 8.14. The van der Waals surface area contributed by atoms with Gasteiger partial charge in [-0.1, -0.05) is 17.7 Å². The van der Waals surface area contributed by atoms with E-state index in [0.29, 0.717) is 0 Å². The number of carbonyl (C=O) groups excluding carboxylic acids is 1. The van der Waals surface area contributed by atoms with Crippen LogP contribution in [0.1, 0.15) is 19.3 Å². The molecule has 3 aliphatic rings. The Morgan fingerprint density at radius 1 is 1.53 bits per heavy atom. The smallest absolute Gasteiger partial charge is 0.295 e. The monoisotopic (exact) mass is 205 g/mol. The topological polar surface area (TPSA) is 58.9 Å². The van der Waals surface area contributed by atoms with Gasteiger partial charge in [-0.3, -0.25) is 4.79 Å². The SMILES string of the molecule is O=C1C(=NO)OC2CC3=C(C=CCC3)C12. The van der Waals surface area contributed by atoms with E-state index in [-0.39, 0.29) is 23.7 Å². The zero-order chi connectivity index (χ0) is 10.4. The third-order valence-corrected chi connectivity index (χ3v) is 3.32. The fraction of sp³-hybridized carbons (Fsp3) is 0.455. The molecule has 1 heterocycles. The Morgan fingerprint density at radius 3 is 3.20 bits per heavy atom. The first-order chi connectivity index (χ1) is 7.31. The summed E-state index contributed by atoms with van der Waals surface area (Å²) in [6, 6.07) is 0. The molecule has 4 heteroatoms. The molecule has 1 saturated heterocycles. The predicted molar refractivity (Wildman–Crippen MR) is 52.6 cm³/mol. The Hall–Kier alpha value is -1.58. The summed E-state index contributed by atoms with van der Waals surface area (Å²) in [5.74, 6) is -0.531. The van der Waals surface area contributed by atoms with Crippen molar-refractivity contribution >= 4 is 11.7 Å². The van der Waals surface area contributed by atoms with Crippen molar-refractivity contribution in [2.75, 3.05) is 0 Å². The standard InChI is InChI=1S/C11H11NO3/c13-10-9-7-4-2-1-3-6(7)5-8(9)15-11(10)12-14/h2,4,8-9,14H,1,3,5H2. The summed E-state index contributed by atoms with van der Waals surface area (Å²) in [5, 5.41) is 11.5.